The lowest BCUT2D eigenvalue weighted by Gasteiger charge is -2.12. The molecule has 3 N–H and O–H groups in total. The van der Waals surface area contributed by atoms with Crippen LogP contribution in [0.3, 0.4) is 0 Å². The molecule has 1 aromatic carbocycles. The SMILES string of the molecule is NC(=O)c1ccccc1COC1CCNC1. The second-order valence-electron chi connectivity index (χ2n) is 3.95. The predicted octanol–water partition coefficient (Wildman–Crippen LogP) is 0.664. The van der Waals surface area contributed by atoms with Crippen molar-refractivity contribution in [3.8, 4) is 0 Å². The standard InChI is InChI=1S/C12H16N2O2/c13-12(15)11-4-2-1-3-9(11)8-16-10-5-6-14-7-10/h1-4,10,14H,5-8H2,(H2,13,15). The highest BCUT2D eigenvalue weighted by molar-refractivity contribution is 5.94. The lowest BCUT2D eigenvalue weighted by molar-refractivity contribution is 0.0535. The van der Waals surface area contributed by atoms with Crippen molar-refractivity contribution in [2.75, 3.05) is 13.1 Å². The van der Waals surface area contributed by atoms with Crippen LogP contribution in [0.15, 0.2) is 24.3 Å². The first kappa shape index (κ1) is 11.1. The van der Waals surface area contributed by atoms with Gasteiger partial charge in [0.2, 0.25) is 5.91 Å². The van der Waals surface area contributed by atoms with Gasteiger partial charge in [0, 0.05) is 12.1 Å². The van der Waals surface area contributed by atoms with Crippen molar-refractivity contribution in [2.24, 2.45) is 5.73 Å². The van der Waals surface area contributed by atoms with Gasteiger partial charge in [0.15, 0.2) is 0 Å². The van der Waals surface area contributed by atoms with Gasteiger partial charge >= 0.3 is 0 Å². The molecule has 1 atom stereocenters. The third kappa shape index (κ3) is 2.59. The van der Waals surface area contributed by atoms with Gasteiger partial charge < -0.3 is 15.8 Å². The van der Waals surface area contributed by atoms with Crippen LogP contribution in [0, 0.1) is 0 Å². The molecular formula is C12H16N2O2. The monoisotopic (exact) mass is 220 g/mol. The molecule has 1 saturated heterocycles. The average molecular weight is 220 g/mol. The van der Waals surface area contributed by atoms with Crippen LogP contribution in [0.4, 0.5) is 0 Å². The zero-order valence-corrected chi connectivity index (χ0v) is 9.11. The number of rotatable bonds is 4. The largest absolute Gasteiger partial charge is 0.372 e. The molecule has 1 aromatic rings. The molecule has 0 bridgehead atoms. The second kappa shape index (κ2) is 5.09. The van der Waals surface area contributed by atoms with Crippen LogP contribution in [0.2, 0.25) is 0 Å². The lowest BCUT2D eigenvalue weighted by Crippen LogP contribution is -2.18. The molecule has 1 aliphatic heterocycles. The van der Waals surface area contributed by atoms with Crippen LogP contribution < -0.4 is 11.1 Å². The Kier molecular flexibility index (Phi) is 3.54. The van der Waals surface area contributed by atoms with E-state index in [2.05, 4.69) is 5.32 Å². The molecule has 1 heterocycles. The van der Waals surface area contributed by atoms with Crippen LogP contribution in [-0.2, 0) is 11.3 Å². The van der Waals surface area contributed by atoms with Gasteiger partial charge in [-0.05, 0) is 24.6 Å². The summed E-state index contributed by atoms with van der Waals surface area (Å²) < 4.78 is 5.71. The smallest absolute Gasteiger partial charge is 0.249 e. The highest BCUT2D eigenvalue weighted by Gasteiger charge is 2.15. The summed E-state index contributed by atoms with van der Waals surface area (Å²) >= 11 is 0. The molecule has 1 unspecified atom stereocenters. The Labute approximate surface area is 94.8 Å². The summed E-state index contributed by atoms with van der Waals surface area (Å²) in [6.07, 6.45) is 1.28. The summed E-state index contributed by atoms with van der Waals surface area (Å²) in [5.41, 5.74) is 6.70. The molecule has 0 radical (unpaired) electrons. The van der Waals surface area contributed by atoms with E-state index in [-0.39, 0.29) is 6.10 Å². The molecule has 4 nitrogen and oxygen atoms in total. The first-order valence-corrected chi connectivity index (χ1v) is 5.47. The molecule has 1 aliphatic rings. The Bertz CT molecular complexity index is 373. The van der Waals surface area contributed by atoms with Gasteiger partial charge in [-0.2, -0.15) is 0 Å². The van der Waals surface area contributed by atoms with Crippen molar-refractivity contribution in [2.45, 2.75) is 19.1 Å². The lowest BCUT2D eigenvalue weighted by atomic mass is 10.1. The first-order chi connectivity index (χ1) is 7.77. The number of primary amides is 1. The van der Waals surface area contributed by atoms with E-state index in [1.807, 2.05) is 12.1 Å². The maximum absolute atomic E-state index is 11.2. The zero-order chi connectivity index (χ0) is 11.4. The van der Waals surface area contributed by atoms with E-state index in [9.17, 15) is 4.79 Å². The number of nitrogens with two attached hydrogens (primary N) is 1. The van der Waals surface area contributed by atoms with Crippen molar-refractivity contribution in [3.05, 3.63) is 35.4 Å². The number of benzene rings is 1. The van der Waals surface area contributed by atoms with Crippen molar-refractivity contribution in [1.29, 1.82) is 0 Å². The van der Waals surface area contributed by atoms with E-state index < -0.39 is 5.91 Å². The van der Waals surface area contributed by atoms with Gasteiger partial charge in [0.25, 0.3) is 0 Å². The van der Waals surface area contributed by atoms with Gasteiger partial charge in [-0.3, -0.25) is 4.79 Å². The molecular weight excluding hydrogens is 204 g/mol. The van der Waals surface area contributed by atoms with Crippen LogP contribution in [0.25, 0.3) is 0 Å². The van der Waals surface area contributed by atoms with E-state index in [0.717, 1.165) is 25.1 Å². The molecule has 4 heteroatoms. The fourth-order valence-electron chi connectivity index (χ4n) is 1.86. The Morgan fingerprint density at radius 3 is 3.00 bits per heavy atom. The fourth-order valence-corrected chi connectivity index (χ4v) is 1.86. The molecule has 1 amide bonds. The normalized spacial score (nSPS) is 19.9. The summed E-state index contributed by atoms with van der Waals surface area (Å²) in [6, 6.07) is 7.30. The number of carbonyl (C=O) groups excluding carboxylic acids is 1. The topological polar surface area (TPSA) is 64.4 Å². The Morgan fingerprint density at radius 2 is 2.31 bits per heavy atom. The third-order valence-corrected chi connectivity index (χ3v) is 2.77. The van der Waals surface area contributed by atoms with Gasteiger partial charge in [-0.25, -0.2) is 0 Å². The van der Waals surface area contributed by atoms with Crippen molar-refractivity contribution in [1.82, 2.24) is 5.32 Å². The minimum absolute atomic E-state index is 0.251. The molecule has 1 fully saturated rings. The van der Waals surface area contributed by atoms with E-state index in [0.29, 0.717) is 12.2 Å². The predicted molar refractivity (Wildman–Crippen MR) is 61.0 cm³/mol. The molecule has 86 valence electrons. The van der Waals surface area contributed by atoms with Crippen LogP contribution >= 0.6 is 0 Å². The quantitative estimate of drug-likeness (QED) is 0.783. The minimum atomic E-state index is -0.399. The van der Waals surface area contributed by atoms with Gasteiger partial charge in [0.05, 0.1) is 12.7 Å². The third-order valence-electron chi connectivity index (χ3n) is 2.77. The van der Waals surface area contributed by atoms with E-state index in [4.69, 9.17) is 10.5 Å². The zero-order valence-electron chi connectivity index (χ0n) is 9.11. The van der Waals surface area contributed by atoms with Crippen LogP contribution in [-0.4, -0.2) is 25.1 Å². The summed E-state index contributed by atoms with van der Waals surface area (Å²) in [6.45, 7) is 2.34. The van der Waals surface area contributed by atoms with E-state index in [1.54, 1.807) is 12.1 Å². The molecule has 16 heavy (non-hydrogen) atoms. The average Bonchev–Trinajstić information content (AvgIpc) is 2.79. The van der Waals surface area contributed by atoms with Gasteiger partial charge in [-0.1, -0.05) is 18.2 Å². The minimum Gasteiger partial charge on any atom is -0.372 e. The van der Waals surface area contributed by atoms with E-state index in [1.165, 1.54) is 0 Å². The highest BCUT2D eigenvalue weighted by Crippen LogP contribution is 2.12. The number of nitrogens with one attached hydrogen (secondary N) is 1. The van der Waals surface area contributed by atoms with Crippen molar-refractivity contribution >= 4 is 5.91 Å². The number of hydrogen-bond acceptors (Lipinski definition) is 3. The fraction of sp³-hybridized carbons (Fsp3) is 0.417. The van der Waals surface area contributed by atoms with Crippen molar-refractivity contribution < 1.29 is 9.53 Å². The molecule has 2 rings (SSSR count). The number of hydrogen-bond donors (Lipinski definition) is 2. The summed E-state index contributed by atoms with van der Waals surface area (Å²) in [5.74, 6) is -0.399. The summed E-state index contributed by atoms with van der Waals surface area (Å²) in [4.78, 5) is 11.2. The summed E-state index contributed by atoms with van der Waals surface area (Å²) in [7, 11) is 0. The maximum atomic E-state index is 11.2. The Balaban J connectivity index is 2.00. The molecule has 0 aliphatic carbocycles. The number of carbonyl (C=O) groups is 1. The van der Waals surface area contributed by atoms with Crippen LogP contribution in [0.1, 0.15) is 22.3 Å². The molecule has 0 saturated carbocycles. The first-order valence-electron chi connectivity index (χ1n) is 5.47. The Morgan fingerprint density at radius 1 is 1.50 bits per heavy atom. The Hall–Kier alpha value is -1.39. The van der Waals surface area contributed by atoms with Crippen molar-refractivity contribution in [3.63, 3.8) is 0 Å². The highest BCUT2D eigenvalue weighted by atomic mass is 16.5. The maximum Gasteiger partial charge on any atom is 0.249 e. The number of ether oxygens (including phenoxy) is 1. The second-order valence-corrected chi connectivity index (χ2v) is 3.95. The van der Waals surface area contributed by atoms with Gasteiger partial charge in [0.1, 0.15) is 0 Å². The molecule has 0 aromatic heterocycles. The van der Waals surface area contributed by atoms with Crippen LogP contribution in [0.5, 0.6) is 0 Å². The van der Waals surface area contributed by atoms with Gasteiger partial charge in [-0.15, -0.1) is 0 Å². The number of amides is 1. The molecule has 0 spiro atoms. The van der Waals surface area contributed by atoms with E-state index >= 15 is 0 Å². The summed E-state index contributed by atoms with van der Waals surface area (Å²) in [5, 5.41) is 3.23.